The molecule has 10 heavy (non-hydrogen) atoms. The first kappa shape index (κ1) is 6.24. The van der Waals surface area contributed by atoms with Gasteiger partial charge >= 0.3 is 0 Å². The summed E-state index contributed by atoms with van der Waals surface area (Å²) in [6, 6.07) is 0.754. The van der Waals surface area contributed by atoms with Crippen LogP contribution in [0.3, 0.4) is 0 Å². The molecule has 0 unspecified atom stereocenters. The molecule has 1 aliphatic rings. The van der Waals surface area contributed by atoms with Gasteiger partial charge in [0.2, 0.25) is 0 Å². The van der Waals surface area contributed by atoms with E-state index in [1.165, 1.54) is 24.2 Å². The molecule has 0 atom stereocenters. The van der Waals surface area contributed by atoms with Gasteiger partial charge in [0.1, 0.15) is 5.01 Å². The summed E-state index contributed by atoms with van der Waals surface area (Å²) in [5, 5.41) is 11.9. The first-order chi connectivity index (χ1) is 4.95. The summed E-state index contributed by atoms with van der Waals surface area (Å²) in [4.78, 5) is 0. The van der Waals surface area contributed by atoms with E-state index in [0.29, 0.717) is 0 Å². The highest BCUT2D eigenvalue weighted by Gasteiger charge is 2.20. The molecule has 0 spiro atoms. The first-order valence-electron chi connectivity index (χ1n) is 3.37. The van der Waals surface area contributed by atoms with Crippen molar-refractivity contribution in [1.82, 2.24) is 15.5 Å². The maximum Gasteiger partial charge on any atom is 0.178 e. The molecule has 0 saturated heterocycles. The van der Waals surface area contributed by atoms with Gasteiger partial charge in [0.05, 0.1) is 0 Å². The second kappa shape index (κ2) is 2.64. The maximum atomic E-state index is 3.87. The molecule has 0 bridgehead atoms. The van der Waals surface area contributed by atoms with Crippen LogP contribution >= 0.6 is 11.3 Å². The molecule has 0 amide bonds. The summed E-state index contributed by atoms with van der Waals surface area (Å²) >= 11 is 1.48. The van der Waals surface area contributed by atoms with Crippen molar-refractivity contribution in [3.8, 4) is 0 Å². The minimum Gasteiger partial charge on any atom is -0.308 e. The zero-order valence-corrected chi connectivity index (χ0v) is 6.32. The van der Waals surface area contributed by atoms with Crippen LogP contribution in [0.5, 0.6) is 0 Å². The van der Waals surface area contributed by atoms with Crippen molar-refractivity contribution in [3.63, 3.8) is 0 Å². The molecule has 0 aliphatic heterocycles. The Bertz CT molecular complexity index is 193. The Balaban J connectivity index is 1.79. The summed E-state index contributed by atoms with van der Waals surface area (Å²) in [6.07, 6.45) is 2.64. The smallest absolute Gasteiger partial charge is 0.178 e. The highest BCUT2D eigenvalue weighted by Crippen LogP contribution is 2.19. The van der Waals surface area contributed by atoms with Crippen LogP contribution < -0.4 is 5.32 Å². The van der Waals surface area contributed by atoms with Gasteiger partial charge in [-0.1, -0.05) is 11.3 Å². The molecule has 2 rings (SSSR count). The Labute approximate surface area is 63.5 Å². The minimum atomic E-state index is 0.754. The van der Waals surface area contributed by atoms with Gasteiger partial charge in [-0.2, -0.15) is 0 Å². The molecule has 1 N–H and O–H groups in total. The van der Waals surface area contributed by atoms with Gasteiger partial charge in [0.15, 0.2) is 5.51 Å². The molecule has 1 saturated carbocycles. The monoisotopic (exact) mass is 154 g/mol. The molecule has 1 fully saturated rings. The number of aromatic nitrogens is 2. The molecule has 53 valence electrons. The standard InChI is InChI=1S/C6H8N3S/c1-2-5(1)7-3-6-9-8-4-10-6/h5,7H,1-3H2. The Morgan fingerprint density at radius 1 is 1.70 bits per heavy atom. The molecule has 4 heteroatoms. The lowest BCUT2D eigenvalue weighted by atomic mass is 10.6. The quantitative estimate of drug-likeness (QED) is 0.692. The van der Waals surface area contributed by atoms with Crippen LogP contribution in [0.4, 0.5) is 0 Å². The van der Waals surface area contributed by atoms with Gasteiger partial charge < -0.3 is 5.32 Å². The largest absolute Gasteiger partial charge is 0.308 e. The number of nitrogens with zero attached hydrogens (tertiary/aromatic N) is 2. The molecular formula is C6H8N3S. The predicted octanol–water partition coefficient (Wildman–Crippen LogP) is 0.590. The number of rotatable bonds is 3. The fourth-order valence-electron chi connectivity index (χ4n) is 0.760. The van der Waals surface area contributed by atoms with Gasteiger partial charge in [0, 0.05) is 12.6 Å². The topological polar surface area (TPSA) is 37.8 Å². The molecule has 3 nitrogen and oxygen atoms in total. The normalized spacial score (nSPS) is 17.6. The molecule has 1 aliphatic carbocycles. The molecule has 1 aromatic rings. The van der Waals surface area contributed by atoms with Gasteiger partial charge in [-0.3, -0.25) is 0 Å². The minimum absolute atomic E-state index is 0.754. The van der Waals surface area contributed by atoms with Crippen molar-refractivity contribution < 1.29 is 0 Å². The van der Waals surface area contributed by atoms with Crippen LogP contribution in [0.2, 0.25) is 0 Å². The fourth-order valence-corrected chi connectivity index (χ4v) is 1.18. The second-order valence-electron chi connectivity index (χ2n) is 2.44. The summed E-state index contributed by atoms with van der Waals surface area (Å²) in [6.45, 7) is 0.867. The summed E-state index contributed by atoms with van der Waals surface area (Å²) < 4.78 is 0. The number of hydrogen-bond donors (Lipinski definition) is 1. The molecule has 1 aromatic heterocycles. The third kappa shape index (κ3) is 1.52. The van der Waals surface area contributed by atoms with Crippen molar-refractivity contribution in [2.75, 3.05) is 0 Å². The van der Waals surface area contributed by atoms with Crippen LogP contribution in [-0.2, 0) is 6.54 Å². The summed E-state index contributed by atoms with van der Waals surface area (Å²) in [5.41, 5.74) is 2.71. The molecule has 1 radical (unpaired) electrons. The second-order valence-corrected chi connectivity index (χ2v) is 3.30. The van der Waals surface area contributed by atoms with E-state index in [9.17, 15) is 0 Å². The average Bonchev–Trinajstić information content (AvgIpc) is 2.63. The third-order valence-corrected chi connectivity index (χ3v) is 2.12. The van der Waals surface area contributed by atoms with Crippen molar-refractivity contribution in [1.29, 1.82) is 0 Å². The summed E-state index contributed by atoms with van der Waals surface area (Å²) in [7, 11) is 0. The van der Waals surface area contributed by atoms with Crippen LogP contribution in [0.15, 0.2) is 0 Å². The van der Waals surface area contributed by atoms with E-state index in [1.807, 2.05) is 0 Å². The fraction of sp³-hybridized carbons (Fsp3) is 0.667. The van der Waals surface area contributed by atoms with Crippen LogP contribution in [0.1, 0.15) is 17.8 Å². The van der Waals surface area contributed by atoms with E-state index in [0.717, 1.165) is 17.6 Å². The molecular weight excluding hydrogens is 146 g/mol. The van der Waals surface area contributed by atoms with Gasteiger partial charge in [-0.15, -0.1) is 10.2 Å². The maximum absolute atomic E-state index is 3.87. The van der Waals surface area contributed by atoms with E-state index in [2.05, 4.69) is 21.0 Å². The van der Waals surface area contributed by atoms with Crippen molar-refractivity contribution in [2.24, 2.45) is 0 Å². The highest BCUT2D eigenvalue weighted by atomic mass is 32.1. The zero-order chi connectivity index (χ0) is 6.81. The van der Waals surface area contributed by atoms with Crippen molar-refractivity contribution in [3.05, 3.63) is 10.5 Å². The third-order valence-electron chi connectivity index (χ3n) is 1.49. The Morgan fingerprint density at radius 2 is 2.60 bits per heavy atom. The number of hydrogen-bond acceptors (Lipinski definition) is 4. The van der Waals surface area contributed by atoms with E-state index >= 15 is 0 Å². The summed E-state index contributed by atoms with van der Waals surface area (Å²) in [5.74, 6) is 0. The average molecular weight is 154 g/mol. The lowest BCUT2D eigenvalue weighted by molar-refractivity contribution is 0.679. The Kier molecular flexibility index (Phi) is 1.65. The molecule has 0 aromatic carbocycles. The van der Waals surface area contributed by atoms with E-state index < -0.39 is 0 Å². The van der Waals surface area contributed by atoms with Crippen LogP contribution in [0.25, 0.3) is 0 Å². The SMILES string of the molecule is [c]1nnc(CNC2CC2)s1. The van der Waals surface area contributed by atoms with E-state index in [-0.39, 0.29) is 0 Å². The van der Waals surface area contributed by atoms with E-state index in [1.54, 1.807) is 0 Å². The highest BCUT2D eigenvalue weighted by molar-refractivity contribution is 7.08. The zero-order valence-electron chi connectivity index (χ0n) is 5.50. The molecule has 1 heterocycles. The van der Waals surface area contributed by atoms with Crippen LogP contribution in [-0.4, -0.2) is 16.2 Å². The number of nitrogens with one attached hydrogen (secondary N) is 1. The lowest BCUT2D eigenvalue weighted by Gasteiger charge is -1.94. The van der Waals surface area contributed by atoms with E-state index in [4.69, 9.17) is 0 Å². The van der Waals surface area contributed by atoms with Crippen molar-refractivity contribution in [2.45, 2.75) is 25.4 Å². The van der Waals surface area contributed by atoms with Gasteiger partial charge in [-0.05, 0) is 12.8 Å². The van der Waals surface area contributed by atoms with Gasteiger partial charge in [-0.25, -0.2) is 0 Å². The first-order valence-corrected chi connectivity index (χ1v) is 4.18. The van der Waals surface area contributed by atoms with Crippen LogP contribution in [0, 0.1) is 5.51 Å². The lowest BCUT2D eigenvalue weighted by Crippen LogP contribution is -2.14. The van der Waals surface area contributed by atoms with Crippen molar-refractivity contribution >= 4 is 11.3 Å². The Hall–Kier alpha value is -0.480. The Morgan fingerprint density at radius 3 is 3.20 bits per heavy atom. The van der Waals surface area contributed by atoms with Gasteiger partial charge in [0.25, 0.3) is 0 Å². The predicted molar refractivity (Wildman–Crippen MR) is 38.6 cm³/mol.